The summed E-state index contributed by atoms with van der Waals surface area (Å²) in [7, 11) is 0. The van der Waals surface area contributed by atoms with Crippen molar-refractivity contribution >= 4 is 28.4 Å². The van der Waals surface area contributed by atoms with Crippen LogP contribution in [0, 0.1) is 0 Å². The molecular formula is C21H24ClN4O2+. The van der Waals surface area contributed by atoms with Gasteiger partial charge in [0.05, 0.1) is 23.5 Å². The van der Waals surface area contributed by atoms with Gasteiger partial charge in [0.25, 0.3) is 11.5 Å². The molecule has 2 atom stereocenters. The van der Waals surface area contributed by atoms with Crippen molar-refractivity contribution in [3.05, 3.63) is 75.3 Å². The van der Waals surface area contributed by atoms with Crippen LogP contribution in [-0.4, -0.2) is 29.0 Å². The van der Waals surface area contributed by atoms with Crippen molar-refractivity contribution < 1.29 is 9.69 Å². The number of fused-ring (bicyclic) bond motifs is 1. The minimum absolute atomic E-state index is 0.0625. The van der Waals surface area contributed by atoms with Crippen molar-refractivity contribution in [1.82, 2.24) is 15.3 Å². The Kier molecular flexibility index (Phi) is 6.44. The fraction of sp³-hybridized carbons (Fsp3) is 0.286. The van der Waals surface area contributed by atoms with Gasteiger partial charge in [-0.2, -0.15) is 0 Å². The van der Waals surface area contributed by atoms with E-state index in [0.29, 0.717) is 28.3 Å². The first-order chi connectivity index (χ1) is 13.5. The number of hydrogen-bond donors (Lipinski definition) is 3. The Hall–Kier alpha value is -2.70. The summed E-state index contributed by atoms with van der Waals surface area (Å²) in [6.07, 6.45) is 0. The number of benzene rings is 2. The molecule has 0 radical (unpaired) electrons. The Morgan fingerprint density at radius 2 is 2.04 bits per heavy atom. The van der Waals surface area contributed by atoms with E-state index in [9.17, 15) is 9.59 Å². The van der Waals surface area contributed by atoms with E-state index >= 15 is 0 Å². The van der Waals surface area contributed by atoms with E-state index in [1.54, 1.807) is 12.1 Å². The second-order valence-corrected chi connectivity index (χ2v) is 7.27. The Labute approximate surface area is 168 Å². The zero-order chi connectivity index (χ0) is 20.1. The molecule has 0 saturated carbocycles. The molecule has 0 aliphatic carbocycles. The number of para-hydroxylation sites is 1. The van der Waals surface area contributed by atoms with Gasteiger partial charge < -0.3 is 15.2 Å². The van der Waals surface area contributed by atoms with Gasteiger partial charge in [0.15, 0.2) is 12.4 Å². The Morgan fingerprint density at radius 1 is 1.25 bits per heavy atom. The third kappa shape index (κ3) is 4.97. The van der Waals surface area contributed by atoms with Gasteiger partial charge in [-0.15, -0.1) is 0 Å². The molecule has 3 aromatic rings. The molecule has 6 nitrogen and oxygen atoms in total. The maximum atomic E-state index is 12.5. The lowest BCUT2D eigenvalue weighted by Crippen LogP contribution is -3.11. The maximum Gasteiger partial charge on any atom is 0.275 e. The maximum absolute atomic E-state index is 12.5. The summed E-state index contributed by atoms with van der Waals surface area (Å²) >= 11 is 6.02. The molecular weight excluding hydrogens is 376 g/mol. The van der Waals surface area contributed by atoms with Gasteiger partial charge in [0.1, 0.15) is 6.54 Å². The van der Waals surface area contributed by atoms with Crippen LogP contribution in [0.15, 0.2) is 53.3 Å². The molecule has 3 N–H and O–H groups in total. The van der Waals surface area contributed by atoms with Gasteiger partial charge in [-0.1, -0.05) is 35.9 Å². The van der Waals surface area contributed by atoms with Crippen molar-refractivity contribution in [2.75, 3.05) is 13.1 Å². The quantitative estimate of drug-likeness (QED) is 0.567. The van der Waals surface area contributed by atoms with E-state index in [4.69, 9.17) is 11.6 Å². The smallest absolute Gasteiger partial charge is 0.275 e. The number of nitrogens with one attached hydrogen (secondary N) is 3. The lowest BCUT2D eigenvalue weighted by atomic mass is 10.1. The lowest BCUT2D eigenvalue weighted by Gasteiger charge is -2.19. The van der Waals surface area contributed by atoms with Crippen LogP contribution in [0.2, 0.25) is 5.02 Å². The molecule has 2 aromatic carbocycles. The zero-order valence-corrected chi connectivity index (χ0v) is 16.7. The van der Waals surface area contributed by atoms with E-state index in [1.807, 2.05) is 50.2 Å². The number of nitrogens with zero attached hydrogens (tertiary/aromatic N) is 1. The Balaban J connectivity index is 1.65. The van der Waals surface area contributed by atoms with E-state index < -0.39 is 0 Å². The number of likely N-dealkylation sites (N-methyl/N-ethyl adjacent to an activating group) is 1. The molecule has 0 spiro atoms. The molecule has 1 aromatic heterocycles. The van der Waals surface area contributed by atoms with Gasteiger partial charge in [0.2, 0.25) is 0 Å². The van der Waals surface area contributed by atoms with Gasteiger partial charge in [-0.05, 0) is 43.7 Å². The average molecular weight is 400 g/mol. The molecule has 0 fully saturated rings. The predicted octanol–water partition coefficient (Wildman–Crippen LogP) is 1.86. The van der Waals surface area contributed by atoms with Crippen LogP contribution in [-0.2, 0) is 11.3 Å². The first kappa shape index (κ1) is 20.0. The highest BCUT2D eigenvalue weighted by Gasteiger charge is 2.17. The van der Waals surface area contributed by atoms with E-state index in [2.05, 4.69) is 15.3 Å². The first-order valence-corrected chi connectivity index (χ1v) is 9.70. The zero-order valence-electron chi connectivity index (χ0n) is 16.0. The van der Waals surface area contributed by atoms with E-state index in [1.165, 1.54) is 0 Å². The molecule has 1 unspecified atom stereocenters. The highest BCUT2D eigenvalue weighted by atomic mass is 35.5. The first-order valence-electron chi connectivity index (χ1n) is 9.32. The Morgan fingerprint density at radius 3 is 2.79 bits per heavy atom. The summed E-state index contributed by atoms with van der Waals surface area (Å²) in [6, 6.07) is 14.6. The standard InChI is InChI=1S/C21H23ClN4O2/c1-3-26(12-19-24-18-10-5-4-9-17(18)21(28)25-19)13-20(27)23-14(2)15-7-6-8-16(22)11-15/h4-11,14H,3,12-13H2,1-2H3,(H,23,27)(H,24,25,28)/p+1/t14-/m1/s1. The number of aromatic nitrogens is 2. The van der Waals surface area contributed by atoms with Crippen LogP contribution in [0.5, 0.6) is 0 Å². The van der Waals surface area contributed by atoms with E-state index in [-0.39, 0.29) is 24.1 Å². The fourth-order valence-electron chi connectivity index (χ4n) is 3.15. The topological polar surface area (TPSA) is 79.3 Å². The number of aromatic amines is 1. The number of hydrogen-bond acceptors (Lipinski definition) is 3. The van der Waals surface area contributed by atoms with Gasteiger partial charge in [0, 0.05) is 5.02 Å². The van der Waals surface area contributed by atoms with Crippen LogP contribution >= 0.6 is 11.6 Å². The van der Waals surface area contributed by atoms with Crippen LogP contribution in [0.1, 0.15) is 31.3 Å². The number of amides is 1. The average Bonchev–Trinajstić information content (AvgIpc) is 2.67. The van der Waals surface area contributed by atoms with Crippen molar-refractivity contribution in [2.45, 2.75) is 26.4 Å². The molecule has 7 heteroatoms. The largest absolute Gasteiger partial charge is 0.345 e. The number of rotatable bonds is 7. The predicted molar refractivity (Wildman–Crippen MR) is 110 cm³/mol. The van der Waals surface area contributed by atoms with Gasteiger partial charge in [-0.25, -0.2) is 4.98 Å². The fourth-order valence-corrected chi connectivity index (χ4v) is 3.35. The van der Waals surface area contributed by atoms with Crippen LogP contribution in [0.4, 0.5) is 0 Å². The normalized spacial score (nSPS) is 13.2. The molecule has 3 rings (SSSR count). The summed E-state index contributed by atoms with van der Waals surface area (Å²) in [5, 5.41) is 4.22. The molecule has 1 heterocycles. The third-order valence-corrected chi connectivity index (χ3v) is 4.95. The van der Waals surface area contributed by atoms with Gasteiger partial charge in [-0.3, -0.25) is 9.59 Å². The van der Waals surface area contributed by atoms with Crippen LogP contribution in [0.25, 0.3) is 10.9 Å². The van der Waals surface area contributed by atoms with Crippen molar-refractivity contribution in [2.24, 2.45) is 0 Å². The minimum atomic E-state index is -0.157. The lowest BCUT2D eigenvalue weighted by molar-refractivity contribution is -0.904. The third-order valence-electron chi connectivity index (χ3n) is 4.72. The highest BCUT2D eigenvalue weighted by molar-refractivity contribution is 6.30. The number of H-pyrrole nitrogens is 1. The van der Waals surface area contributed by atoms with Crippen LogP contribution < -0.4 is 15.8 Å². The van der Waals surface area contributed by atoms with Crippen molar-refractivity contribution in [3.8, 4) is 0 Å². The van der Waals surface area contributed by atoms with Crippen LogP contribution in [0.3, 0.4) is 0 Å². The number of carbonyl (C=O) groups excluding carboxylic acids is 1. The molecule has 0 saturated heterocycles. The molecule has 1 amide bonds. The summed E-state index contributed by atoms with van der Waals surface area (Å²) in [4.78, 5) is 33.1. The summed E-state index contributed by atoms with van der Waals surface area (Å²) in [6.45, 7) is 5.42. The summed E-state index contributed by atoms with van der Waals surface area (Å²) in [5.41, 5.74) is 1.46. The molecule has 0 bridgehead atoms. The SMILES string of the molecule is CC[NH+](CC(=O)N[C@H](C)c1cccc(Cl)c1)Cc1nc2ccccc2c(=O)[nH]1. The summed E-state index contributed by atoms with van der Waals surface area (Å²) in [5.74, 6) is 0.517. The monoisotopic (exact) mass is 399 g/mol. The molecule has 0 aliphatic rings. The number of halogens is 1. The van der Waals surface area contributed by atoms with E-state index in [0.717, 1.165) is 17.0 Å². The van der Waals surface area contributed by atoms with Gasteiger partial charge >= 0.3 is 0 Å². The second kappa shape index (κ2) is 8.99. The highest BCUT2D eigenvalue weighted by Crippen LogP contribution is 2.17. The minimum Gasteiger partial charge on any atom is -0.345 e. The Bertz CT molecular complexity index is 1030. The molecule has 28 heavy (non-hydrogen) atoms. The molecule has 146 valence electrons. The number of carbonyl (C=O) groups is 1. The van der Waals surface area contributed by atoms with Crippen molar-refractivity contribution in [3.63, 3.8) is 0 Å². The van der Waals surface area contributed by atoms with Crippen molar-refractivity contribution in [1.29, 1.82) is 0 Å². The molecule has 0 aliphatic heterocycles. The summed E-state index contributed by atoms with van der Waals surface area (Å²) < 4.78 is 0. The second-order valence-electron chi connectivity index (χ2n) is 6.83. The number of quaternary nitrogens is 1.